The molecule has 0 atom stereocenters. The van der Waals surface area contributed by atoms with Crippen LogP contribution in [0.1, 0.15) is 42.6 Å². The zero-order valence-electron chi connectivity index (χ0n) is 14.7. The van der Waals surface area contributed by atoms with Crippen LogP contribution in [-0.2, 0) is 0 Å². The lowest BCUT2D eigenvalue weighted by Gasteiger charge is -2.23. The molecule has 2 rings (SSSR count). The summed E-state index contributed by atoms with van der Waals surface area (Å²) in [4.78, 5) is 14.5. The van der Waals surface area contributed by atoms with E-state index in [4.69, 9.17) is 0 Å². The average Bonchev–Trinajstić information content (AvgIpc) is 2.62. The molecule has 0 aliphatic carbocycles. The molecule has 0 fully saturated rings. The van der Waals surface area contributed by atoms with Gasteiger partial charge in [-0.25, -0.2) is 5.43 Å². The van der Waals surface area contributed by atoms with E-state index < -0.39 is 0 Å². The van der Waals surface area contributed by atoms with Crippen molar-refractivity contribution in [2.75, 3.05) is 18.0 Å². The molecule has 2 aromatic rings. The van der Waals surface area contributed by atoms with Crippen molar-refractivity contribution < 1.29 is 4.79 Å². The summed E-state index contributed by atoms with van der Waals surface area (Å²) in [6.07, 6.45) is 3.91. The van der Waals surface area contributed by atoms with Gasteiger partial charge < -0.3 is 4.90 Å². The smallest absolute Gasteiger partial charge is 0.272 e. The first-order chi connectivity index (χ1) is 12.2. The molecule has 5 heteroatoms. The lowest BCUT2D eigenvalue weighted by molar-refractivity contribution is 0.0954. The summed E-state index contributed by atoms with van der Waals surface area (Å²) in [5.41, 5.74) is 5.29. The lowest BCUT2D eigenvalue weighted by atomic mass is 10.2. The minimum Gasteiger partial charge on any atom is -0.372 e. The molecule has 0 unspecified atom stereocenters. The summed E-state index contributed by atoms with van der Waals surface area (Å²) in [5, 5.41) is 4.05. The number of nitrogens with zero attached hydrogens (tertiary/aromatic N) is 2. The van der Waals surface area contributed by atoms with Crippen LogP contribution in [0.25, 0.3) is 0 Å². The monoisotopic (exact) mass is 401 g/mol. The van der Waals surface area contributed by atoms with Gasteiger partial charge in [-0.1, -0.05) is 38.1 Å². The van der Waals surface area contributed by atoms with E-state index in [1.165, 1.54) is 5.69 Å². The molecule has 1 amide bonds. The Morgan fingerprint density at radius 2 is 1.72 bits per heavy atom. The highest BCUT2D eigenvalue weighted by Crippen LogP contribution is 2.16. The molecule has 0 spiro atoms. The molecule has 0 radical (unpaired) electrons. The van der Waals surface area contributed by atoms with Gasteiger partial charge in [0.1, 0.15) is 0 Å². The molecule has 0 saturated carbocycles. The molecule has 25 heavy (non-hydrogen) atoms. The Morgan fingerprint density at radius 1 is 1.08 bits per heavy atom. The molecule has 0 heterocycles. The van der Waals surface area contributed by atoms with Gasteiger partial charge in [-0.05, 0) is 58.6 Å². The largest absolute Gasteiger partial charge is 0.372 e. The maximum absolute atomic E-state index is 12.1. The van der Waals surface area contributed by atoms with E-state index in [1.54, 1.807) is 12.3 Å². The number of carbonyl (C=O) groups excluding carboxylic acids is 1. The van der Waals surface area contributed by atoms with Gasteiger partial charge in [0.05, 0.1) is 11.8 Å². The number of carbonyl (C=O) groups is 1. The Hall–Kier alpha value is -2.14. The van der Waals surface area contributed by atoms with Crippen molar-refractivity contribution >= 4 is 33.7 Å². The normalized spacial score (nSPS) is 10.8. The van der Waals surface area contributed by atoms with Gasteiger partial charge in [0.25, 0.3) is 5.91 Å². The fourth-order valence-corrected chi connectivity index (χ4v) is 3.02. The lowest BCUT2D eigenvalue weighted by Crippen LogP contribution is -2.24. The number of benzene rings is 2. The minimum absolute atomic E-state index is 0.239. The SMILES string of the molecule is CCCN(CCC)c1ccc(/C=N/NC(=O)c2ccccc2Br)cc1. The predicted molar refractivity (Wildman–Crippen MR) is 108 cm³/mol. The summed E-state index contributed by atoms with van der Waals surface area (Å²) in [6.45, 7) is 6.50. The van der Waals surface area contributed by atoms with Crippen molar-refractivity contribution in [3.63, 3.8) is 0 Å². The van der Waals surface area contributed by atoms with Gasteiger partial charge in [-0.3, -0.25) is 4.79 Å². The van der Waals surface area contributed by atoms with Crippen LogP contribution >= 0.6 is 15.9 Å². The zero-order chi connectivity index (χ0) is 18.1. The second kappa shape index (κ2) is 9.99. The third-order valence-electron chi connectivity index (χ3n) is 3.74. The predicted octanol–water partition coefficient (Wildman–Crippen LogP) is 4.84. The maximum Gasteiger partial charge on any atom is 0.272 e. The first kappa shape index (κ1) is 19.2. The van der Waals surface area contributed by atoms with Gasteiger partial charge in [-0.15, -0.1) is 0 Å². The highest BCUT2D eigenvalue weighted by Gasteiger charge is 2.07. The third kappa shape index (κ3) is 5.71. The van der Waals surface area contributed by atoms with Crippen LogP contribution in [0, 0.1) is 0 Å². The Balaban J connectivity index is 1.97. The summed E-state index contributed by atoms with van der Waals surface area (Å²) in [6, 6.07) is 15.5. The van der Waals surface area contributed by atoms with Crippen molar-refractivity contribution in [1.82, 2.24) is 5.43 Å². The fourth-order valence-electron chi connectivity index (χ4n) is 2.55. The first-order valence-corrected chi connectivity index (χ1v) is 9.38. The molecule has 4 nitrogen and oxygen atoms in total. The van der Waals surface area contributed by atoms with Crippen molar-refractivity contribution in [3.8, 4) is 0 Å². The van der Waals surface area contributed by atoms with Crippen molar-refractivity contribution in [1.29, 1.82) is 0 Å². The van der Waals surface area contributed by atoms with Gasteiger partial charge in [0.2, 0.25) is 0 Å². The van der Waals surface area contributed by atoms with Crippen LogP contribution in [0.3, 0.4) is 0 Å². The summed E-state index contributed by atoms with van der Waals surface area (Å²) in [7, 11) is 0. The van der Waals surface area contributed by atoms with Crippen molar-refractivity contribution in [3.05, 3.63) is 64.1 Å². The maximum atomic E-state index is 12.1. The van der Waals surface area contributed by atoms with Crippen LogP contribution in [0.4, 0.5) is 5.69 Å². The zero-order valence-corrected chi connectivity index (χ0v) is 16.3. The summed E-state index contributed by atoms with van der Waals surface area (Å²) >= 11 is 3.36. The molecule has 2 aromatic carbocycles. The molecule has 0 saturated heterocycles. The minimum atomic E-state index is -0.239. The number of hydrogen-bond acceptors (Lipinski definition) is 3. The van der Waals surface area contributed by atoms with E-state index in [0.29, 0.717) is 5.56 Å². The molecule has 0 aromatic heterocycles. The van der Waals surface area contributed by atoms with Crippen molar-refractivity contribution in [2.24, 2.45) is 5.10 Å². The third-order valence-corrected chi connectivity index (χ3v) is 4.43. The molecule has 132 valence electrons. The van der Waals surface area contributed by atoms with E-state index >= 15 is 0 Å². The number of nitrogens with one attached hydrogen (secondary N) is 1. The highest BCUT2D eigenvalue weighted by atomic mass is 79.9. The number of rotatable bonds is 8. The first-order valence-electron chi connectivity index (χ1n) is 8.58. The number of anilines is 1. The molecular weight excluding hydrogens is 378 g/mol. The number of halogens is 1. The van der Waals surface area contributed by atoms with E-state index in [9.17, 15) is 4.79 Å². The Morgan fingerprint density at radius 3 is 2.32 bits per heavy atom. The quantitative estimate of drug-likeness (QED) is 0.507. The topological polar surface area (TPSA) is 44.7 Å². The standard InChI is InChI=1S/C20H24BrN3O/c1-3-13-24(14-4-2)17-11-9-16(10-12-17)15-22-23-20(25)18-7-5-6-8-19(18)21/h5-12,15H,3-4,13-14H2,1-2H3,(H,23,25)/b22-15+. The molecule has 1 N–H and O–H groups in total. The van der Waals surface area contributed by atoms with Crippen LogP contribution < -0.4 is 10.3 Å². The summed E-state index contributed by atoms with van der Waals surface area (Å²) < 4.78 is 0.749. The van der Waals surface area contributed by atoms with Gasteiger partial charge in [-0.2, -0.15) is 5.10 Å². The Labute approximate surface area is 158 Å². The van der Waals surface area contributed by atoms with Crippen molar-refractivity contribution in [2.45, 2.75) is 26.7 Å². The van der Waals surface area contributed by atoms with Crippen LogP contribution in [-0.4, -0.2) is 25.2 Å². The van der Waals surface area contributed by atoms with Gasteiger partial charge >= 0.3 is 0 Å². The number of hydrazone groups is 1. The second-order valence-corrected chi connectivity index (χ2v) is 6.61. The summed E-state index contributed by atoms with van der Waals surface area (Å²) in [5.74, 6) is -0.239. The van der Waals surface area contributed by atoms with Gasteiger partial charge in [0, 0.05) is 23.2 Å². The van der Waals surface area contributed by atoms with E-state index in [0.717, 1.165) is 36.0 Å². The number of amides is 1. The van der Waals surface area contributed by atoms with Crippen LogP contribution in [0.5, 0.6) is 0 Å². The fraction of sp³-hybridized carbons (Fsp3) is 0.300. The van der Waals surface area contributed by atoms with Crippen LogP contribution in [0.15, 0.2) is 58.1 Å². The van der Waals surface area contributed by atoms with E-state index in [2.05, 4.69) is 57.3 Å². The second-order valence-electron chi connectivity index (χ2n) is 5.76. The van der Waals surface area contributed by atoms with E-state index in [-0.39, 0.29) is 5.91 Å². The Bertz CT molecular complexity index is 707. The van der Waals surface area contributed by atoms with Gasteiger partial charge in [0.15, 0.2) is 0 Å². The Kier molecular flexibility index (Phi) is 7.67. The molecule has 0 aliphatic heterocycles. The molecule has 0 aliphatic rings. The van der Waals surface area contributed by atoms with E-state index in [1.807, 2.05) is 30.3 Å². The number of hydrogen-bond donors (Lipinski definition) is 1. The molecular formula is C20H24BrN3O. The van der Waals surface area contributed by atoms with Crippen LogP contribution in [0.2, 0.25) is 0 Å². The average molecular weight is 402 g/mol. The molecule has 0 bridgehead atoms. The highest BCUT2D eigenvalue weighted by molar-refractivity contribution is 9.10.